The summed E-state index contributed by atoms with van der Waals surface area (Å²) in [5.41, 5.74) is 4.80. The van der Waals surface area contributed by atoms with Gasteiger partial charge < -0.3 is 0 Å². The summed E-state index contributed by atoms with van der Waals surface area (Å²) in [6.45, 7) is 0. The van der Waals surface area contributed by atoms with Crippen LogP contribution >= 0.6 is 11.6 Å². The van der Waals surface area contributed by atoms with Gasteiger partial charge in [-0.15, -0.1) is 0 Å². The first kappa shape index (κ1) is 18.7. The first-order valence-corrected chi connectivity index (χ1v) is 9.54. The third kappa shape index (κ3) is 4.46. The van der Waals surface area contributed by atoms with Crippen molar-refractivity contribution in [1.82, 2.24) is 15.6 Å². The van der Waals surface area contributed by atoms with Crippen LogP contribution in [0.25, 0.3) is 0 Å². The Hall–Kier alpha value is -1.64. The molecule has 0 spiro atoms. The van der Waals surface area contributed by atoms with E-state index in [1.165, 1.54) is 19.2 Å². The summed E-state index contributed by atoms with van der Waals surface area (Å²) in [7, 11) is -2.53. The van der Waals surface area contributed by atoms with Gasteiger partial charge in [-0.25, -0.2) is 13.1 Å². The average molecular weight is 374 g/mol. The minimum absolute atomic E-state index is 0.00661. The zero-order chi connectivity index (χ0) is 17.7. The maximum atomic E-state index is 12.1. The molecule has 1 saturated carbocycles. The number of hydrogen-bond acceptors (Lipinski definition) is 4. The number of carbonyl (C=O) groups is 2. The highest BCUT2D eigenvalue weighted by atomic mass is 35.5. The molecular formula is C15H20ClN3O4S. The molecule has 0 radical (unpaired) electrons. The number of halogens is 1. The number of benzene rings is 1. The van der Waals surface area contributed by atoms with Gasteiger partial charge in [0.15, 0.2) is 0 Å². The number of rotatable bonds is 4. The molecule has 9 heteroatoms. The number of amides is 2. The van der Waals surface area contributed by atoms with Gasteiger partial charge in [0, 0.05) is 11.5 Å². The molecule has 1 fully saturated rings. The summed E-state index contributed by atoms with van der Waals surface area (Å²) >= 11 is 5.87. The van der Waals surface area contributed by atoms with Crippen LogP contribution < -0.4 is 15.6 Å². The predicted octanol–water partition coefficient (Wildman–Crippen LogP) is 1.59. The van der Waals surface area contributed by atoms with Crippen molar-refractivity contribution in [2.45, 2.75) is 37.0 Å². The lowest BCUT2D eigenvalue weighted by atomic mass is 9.89. The van der Waals surface area contributed by atoms with Crippen molar-refractivity contribution >= 4 is 33.4 Å². The van der Waals surface area contributed by atoms with E-state index in [9.17, 15) is 18.0 Å². The van der Waals surface area contributed by atoms with E-state index >= 15 is 0 Å². The quantitative estimate of drug-likeness (QED) is 0.697. The Morgan fingerprint density at radius 1 is 1.12 bits per heavy atom. The molecule has 1 aliphatic carbocycles. The fourth-order valence-corrected chi connectivity index (χ4v) is 3.87. The molecule has 1 aliphatic rings. The van der Waals surface area contributed by atoms with Gasteiger partial charge in [-0.3, -0.25) is 20.4 Å². The van der Waals surface area contributed by atoms with Gasteiger partial charge in [-0.2, -0.15) is 0 Å². The first-order chi connectivity index (χ1) is 11.3. The lowest BCUT2D eigenvalue weighted by Gasteiger charge is -2.20. The van der Waals surface area contributed by atoms with Gasteiger partial charge in [0.2, 0.25) is 15.9 Å². The summed E-state index contributed by atoms with van der Waals surface area (Å²) in [5, 5.41) is 0.00661. The van der Waals surface area contributed by atoms with E-state index in [-0.39, 0.29) is 27.3 Å². The standard InChI is InChI=1S/C15H20ClN3O4S/c1-17-24(22,23)13-9-11(7-8-12(13)16)15(21)19-18-14(20)10-5-3-2-4-6-10/h7-10,17H,2-6H2,1H3,(H,18,20)(H,19,21). The molecule has 0 aliphatic heterocycles. The second-order valence-electron chi connectivity index (χ2n) is 5.63. The second kappa shape index (κ2) is 7.96. The molecule has 0 heterocycles. The molecule has 0 saturated heterocycles. The summed E-state index contributed by atoms with van der Waals surface area (Å²) < 4.78 is 25.9. The molecule has 2 rings (SSSR count). The molecular weight excluding hydrogens is 354 g/mol. The van der Waals surface area contributed by atoms with Crippen LogP contribution in [0.2, 0.25) is 5.02 Å². The molecule has 132 valence electrons. The van der Waals surface area contributed by atoms with Crippen LogP contribution in [-0.4, -0.2) is 27.3 Å². The normalized spacial score (nSPS) is 15.8. The van der Waals surface area contributed by atoms with Gasteiger partial charge >= 0.3 is 0 Å². The maximum absolute atomic E-state index is 12.1. The van der Waals surface area contributed by atoms with Crippen LogP contribution in [0.3, 0.4) is 0 Å². The molecule has 3 N–H and O–H groups in total. The lowest BCUT2D eigenvalue weighted by molar-refractivity contribution is -0.126. The van der Waals surface area contributed by atoms with E-state index in [1.54, 1.807) is 0 Å². The Balaban J connectivity index is 2.05. The topological polar surface area (TPSA) is 104 Å². The second-order valence-corrected chi connectivity index (χ2v) is 7.89. The summed E-state index contributed by atoms with van der Waals surface area (Å²) in [4.78, 5) is 23.9. The summed E-state index contributed by atoms with van der Waals surface area (Å²) in [6, 6.07) is 3.87. The average Bonchev–Trinajstić information content (AvgIpc) is 2.60. The maximum Gasteiger partial charge on any atom is 0.269 e. The van der Waals surface area contributed by atoms with Crippen molar-refractivity contribution < 1.29 is 18.0 Å². The SMILES string of the molecule is CNS(=O)(=O)c1cc(C(=O)NNC(=O)C2CCCCC2)ccc1Cl. The number of hydrazine groups is 1. The van der Waals surface area contributed by atoms with Gasteiger partial charge in [0.05, 0.1) is 5.02 Å². The highest BCUT2D eigenvalue weighted by molar-refractivity contribution is 7.89. The molecule has 2 amide bonds. The van der Waals surface area contributed by atoms with Crippen LogP contribution in [0.5, 0.6) is 0 Å². The van der Waals surface area contributed by atoms with Gasteiger partial charge in [-0.1, -0.05) is 30.9 Å². The number of nitrogens with one attached hydrogen (secondary N) is 3. The van der Waals surface area contributed by atoms with Gasteiger partial charge in [0.1, 0.15) is 4.90 Å². The number of carbonyl (C=O) groups excluding carboxylic acids is 2. The molecule has 7 nitrogen and oxygen atoms in total. The Morgan fingerprint density at radius 2 is 1.79 bits per heavy atom. The monoisotopic (exact) mass is 373 g/mol. The number of sulfonamides is 1. The number of hydrogen-bond donors (Lipinski definition) is 3. The third-order valence-corrected chi connectivity index (χ3v) is 5.92. The van der Waals surface area contributed by atoms with Crippen LogP contribution in [0.15, 0.2) is 23.1 Å². The fourth-order valence-electron chi connectivity index (χ4n) is 2.62. The van der Waals surface area contributed by atoms with E-state index in [0.717, 1.165) is 38.2 Å². The Kier molecular flexibility index (Phi) is 6.20. The predicted molar refractivity (Wildman–Crippen MR) is 89.9 cm³/mol. The Morgan fingerprint density at radius 3 is 2.42 bits per heavy atom. The molecule has 24 heavy (non-hydrogen) atoms. The van der Waals surface area contributed by atoms with E-state index in [4.69, 9.17) is 11.6 Å². The van der Waals surface area contributed by atoms with Crippen molar-refractivity contribution in [3.8, 4) is 0 Å². The Bertz CT molecular complexity index is 730. The van der Waals surface area contributed by atoms with Crippen molar-refractivity contribution in [2.24, 2.45) is 5.92 Å². The lowest BCUT2D eigenvalue weighted by Crippen LogP contribution is -2.45. The molecule has 0 bridgehead atoms. The molecule has 0 aromatic heterocycles. The van der Waals surface area contributed by atoms with E-state index in [0.29, 0.717) is 0 Å². The molecule has 0 atom stereocenters. The summed E-state index contributed by atoms with van der Waals surface area (Å²) in [5.74, 6) is -0.923. The smallest absolute Gasteiger partial charge is 0.269 e. The molecule has 0 unspecified atom stereocenters. The van der Waals surface area contributed by atoms with E-state index in [1.807, 2.05) is 0 Å². The van der Waals surface area contributed by atoms with Crippen LogP contribution in [-0.2, 0) is 14.8 Å². The van der Waals surface area contributed by atoms with Gasteiger partial charge in [-0.05, 0) is 38.1 Å². The molecule has 1 aromatic carbocycles. The summed E-state index contributed by atoms with van der Waals surface area (Å²) in [6.07, 6.45) is 4.77. The largest absolute Gasteiger partial charge is 0.273 e. The first-order valence-electron chi connectivity index (χ1n) is 7.68. The van der Waals surface area contributed by atoms with Crippen LogP contribution in [0.1, 0.15) is 42.5 Å². The van der Waals surface area contributed by atoms with Crippen molar-refractivity contribution in [3.05, 3.63) is 28.8 Å². The highest BCUT2D eigenvalue weighted by Gasteiger charge is 2.22. The van der Waals surface area contributed by atoms with Crippen molar-refractivity contribution in [2.75, 3.05) is 7.05 Å². The van der Waals surface area contributed by atoms with Crippen LogP contribution in [0.4, 0.5) is 0 Å². The Labute approximate surface area is 146 Å². The van der Waals surface area contributed by atoms with Crippen molar-refractivity contribution in [1.29, 1.82) is 0 Å². The zero-order valence-electron chi connectivity index (χ0n) is 13.3. The highest BCUT2D eigenvalue weighted by Crippen LogP contribution is 2.24. The minimum atomic E-state index is -3.78. The molecule has 1 aromatic rings. The minimum Gasteiger partial charge on any atom is -0.273 e. The van der Waals surface area contributed by atoms with E-state index < -0.39 is 15.9 Å². The van der Waals surface area contributed by atoms with Crippen molar-refractivity contribution in [3.63, 3.8) is 0 Å². The fraction of sp³-hybridized carbons (Fsp3) is 0.467. The van der Waals surface area contributed by atoms with Gasteiger partial charge in [0.25, 0.3) is 5.91 Å². The van der Waals surface area contributed by atoms with Crippen LogP contribution in [0, 0.1) is 5.92 Å². The third-order valence-electron chi connectivity index (χ3n) is 4.03. The van der Waals surface area contributed by atoms with E-state index in [2.05, 4.69) is 15.6 Å². The zero-order valence-corrected chi connectivity index (χ0v) is 14.8.